The fourth-order valence-corrected chi connectivity index (χ4v) is 3.43. The van der Waals surface area contributed by atoms with E-state index in [2.05, 4.69) is 29.4 Å². The molecule has 0 saturated carbocycles. The van der Waals surface area contributed by atoms with E-state index in [9.17, 15) is 9.59 Å². The summed E-state index contributed by atoms with van der Waals surface area (Å²) in [5.41, 5.74) is 0.546. The number of nitrogens with zero attached hydrogens (tertiary/aromatic N) is 1. The molecular weight excluding hydrogens is 310 g/mol. The van der Waals surface area contributed by atoms with Gasteiger partial charge in [0.25, 0.3) is 0 Å². The summed E-state index contributed by atoms with van der Waals surface area (Å²) in [6, 6.07) is 4.54. The number of benzene rings is 1. The number of hydrogen-bond acceptors (Lipinski definition) is 5. The largest absolute Gasteiger partial charge is 0.454 e. The molecule has 0 aliphatic carbocycles. The van der Waals surface area contributed by atoms with E-state index >= 15 is 0 Å². The van der Waals surface area contributed by atoms with Gasteiger partial charge in [-0.1, -0.05) is 13.8 Å². The third-order valence-corrected chi connectivity index (χ3v) is 4.20. The minimum Gasteiger partial charge on any atom is -0.454 e. The number of ether oxygens (including phenoxy) is 2. The van der Waals surface area contributed by atoms with Gasteiger partial charge in [0.15, 0.2) is 11.5 Å². The van der Waals surface area contributed by atoms with Gasteiger partial charge in [-0.25, -0.2) is 4.79 Å². The number of likely N-dealkylation sites (tertiary alicyclic amines) is 1. The predicted octanol–water partition coefficient (Wildman–Crippen LogP) is 2.04. The molecule has 3 rings (SSSR count). The number of fused-ring (bicyclic) bond motifs is 1. The van der Waals surface area contributed by atoms with Gasteiger partial charge in [-0.15, -0.1) is 0 Å². The molecule has 0 unspecified atom stereocenters. The molecule has 0 aromatic heterocycles. The second-order valence-electron chi connectivity index (χ2n) is 6.71. The predicted molar refractivity (Wildman–Crippen MR) is 89.1 cm³/mol. The highest BCUT2D eigenvalue weighted by atomic mass is 16.7. The molecule has 24 heavy (non-hydrogen) atoms. The van der Waals surface area contributed by atoms with Gasteiger partial charge >= 0.3 is 6.03 Å². The number of carbonyl (C=O) groups excluding carboxylic acids is 2. The van der Waals surface area contributed by atoms with E-state index in [0.717, 1.165) is 13.1 Å². The maximum atomic E-state index is 12.1. The summed E-state index contributed by atoms with van der Waals surface area (Å²) in [6.45, 7) is 6.57. The maximum Gasteiger partial charge on any atom is 0.325 e. The molecule has 2 aliphatic heterocycles. The van der Waals surface area contributed by atoms with Gasteiger partial charge in [-0.2, -0.15) is 0 Å². The fourth-order valence-electron chi connectivity index (χ4n) is 3.43. The number of hydrogen-bond donors (Lipinski definition) is 2. The van der Waals surface area contributed by atoms with Crippen molar-refractivity contribution in [3.05, 3.63) is 18.2 Å². The highest BCUT2D eigenvalue weighted by molar-refractivity contribution is 6.01. The zero-order chi connectivity index (χ0) is 17.1. The van der Waals surface area contributed by atoms with Crippen molar-refractivity contribution >= 4 is 17.6 Å². The van der Waals surface area contributed by atoms with E-state index < -0.39 is 6.03 Å². The molecule has 2 atom stereocenters. The van der Waals surface area contributed by atoms with Crippen LogP contribution in [0.5, 0.6) is 11.5 Å². The average molecular weight is 333 g/mol. The third kappa shape index (κ3) is 4.17. The van der Waals surface area contributed by atoms with Crippen molar-refractivity contribution in [3.8, 4) is 11.5 Å². The van der Waals surface area contributed by atoms with Crippen molar-refractivity contribution in [2.24, 2.45) is 11.8 Å². The van der Waals surface area contributed by atoms with Crippen LogP contribution < -0.4 is 20.1 Å². The molecule has 130 valence electrons. The first-order chi connectivity index (χ1) is 11.5. The Kier molecular flexibility index (Phi) is 4.89. The van der Waals surface area contributed by atoms with Crippen LogP contribution in [0.3, 0.4) is 0 Å². The summed E-state index contributed by atoms with van der Waals surface area (Å²) in [5, 5.41) is 5.00. The number of anilines is 1. The summed E-state index contributed by atoms with van der Waals surface area (Å²) in [5.74, 6) is 2.07. The summed E-state index contributed by atoms with van der Waals surface area (Å²) in [4.78, 5) is 26.1. The average Bonchev–Trinajstić information content (AvgIpc) is 2.93. The van der Waals surface area contributed by atoms with Crippen LogP contribution in [-0.2, 0) is 4.79 Å². The smallest absolute Gasteiger partial charge is 0.325 e. The molecule has 0 spiro atoms. The van der Waals surface area contributed by atoms with Crippen LogP contribution in [0.4, 0.5) is 10.5 Å². The number of imide groups is 1. The van der Waals surface area contributed by atoms with Crippen molar-refractivity contribution in [1.82, 2.24) is 10.2 Å². The van der Waals surface area contributed by atoms with Crippen LogP contribution in [0.1, 0.15) is 20.3 Å². The van der Waals surface area contributed by atoms with Gasteiger partial charge in [0.2, 0.25) is 12.7 Å². The summed E-state index contributed by atoms with van der Waals surface area (Å²) < 4.78 is 10.5. The lowest BCUT2D eigenvalue weighted by atomic mass is 9.92. The lowest BCUT2D eigenvalue weighted by Gasteiger charge is -2.34. The molecule has 2 heterocycles. The molecule has 7 nitrogen and oxygen atoms in total. The van der Waals surface area contributed by atoms with Gasteiger partial charge in [0, 0.05) is 24.8 Å². The topological polar surface area (TPSA) is 79.9 Å². The van der Waals surface area contributed by atoms with Gasteiger partial charge in [-0.3, -0.25) is 15.0 Å². The number of rotatable bonds is 3. The Morgan fingerprint density at radius 2 is 1.88 bits per heavy atom. The Bertz CT molecular complexity index is 624. The lowest BCUT2D eigenvalue weighted by molar-refractivity contribution is -0.121. The van der Waals surface area contributed by atoms with Crippen molar-refractivity contribution in [2.75, 3.05) is 31.7 Å². The molecule has 0 radical (unpaired) electrons. The molecule has 1 aromatic carbocycles. The van der Waals surface area contributed by atoms with Crippen LogP contribution >= 0.6 is 0 Å². The molecule has 1 fully saturated rings. The van der Waals surface area contributed by atoms with Gasteiger partial charge in [0.05, 0.1) is 6.54 Å². The lowest BCUT2D eigenvalue weighted by Crippen LogP contribution is -2.46. The maximum absolute atomic E-state index is 12.1. The van der Waals surface area contributed by atoms with Crippen LogP contribution in [0.15, 0.2) is 18.2 Å². The van der Waals surface area contributed by atoms with E-state index in [0.29, 0.717) is 29.0 Å². The molecule has 2 N–H and O–H groups in total. The first kappa shape index (κ1) is 16.6. The number of carbonyl (C=O) groups is 2. The number of nitrogens with one attached hydrogen (secondary N) is 2. The Morgan fingerprint density at radius 3 is 2.62 bits per heavy atom. The summed E-state index contributed by atoms with van der Waals surface area (Å²) in [7, 11) is 0. The SMILES string of the molecule is C[C@@H]1C[C@H](C)CN(CC(=O)NC(=O)Nc2ccc3c(c2)OCO3)C1. The highest BCUT2D eigenvalue weighted by Crippen LogP contribution is 2.34. The van der Waals surface area contributed by atoms with E-state index in [-0.39, 0.29) is 19.2 Å². The number of amides is 3. The number of piperidine rings is 1. The second-order valence-corrected chi connectivity index (χ2v) is 6.71. The van der Waals surface area contributed by atoms with Crippen LogP contribution in [-0.4, -0.2) is 43.3 Å². The molecular formula is C17H23N3O4. The Morgan fingerprint density at radius 1 is 1.17 bits per heavy atom. The van der Waals surface area contributed by atoms with Gasteiger partial charge in [-0.05, 0) is 30.4 Å². The Hall–Kier alpha value is -2.28. The normalized spacial score (nSPS) is 22.9. The second kappa shape index (κ2) is 7.09. The number of urea groups is 1. The monoisotopic (exact) mass is 333 g/mol. The molecule has 1 aromatic rings. The summed E-state index contributed by atoms with van der Waals surface area (Å²) in [6.07, 6.45) is 1.18. The standard InChI is InChI=1S/C17H23N3O4/c1-11-5-12(2)8-20(7-11)9-16(21)19-17(22)18-13-3-4-14-15(6-13)24-10-23-14/h3-4,6,11-12H,5,7-10H2,1-2H3,(H2,18,19,21,22)/t11-,12+. The highest BCUT2D eigenvalue weighted by Gasteiger charge is 2.24. The fraction of sp³-hybridized carbons (Fsp3) is 0.529. The van der Waals surface area contributed by atoms with Crippen LogP contribution in [0.25, 0.3) is 0 Å². The first-order valence-corrected chi connectivity index (χ1v) is 8.22. The van der Waals surface area contributed by atoms with E-state index in [4.69, 9.17) is 9.47 Å². The first-order valence-electron chi connectivity index (χ1n) is 8.22. The van der Waals surface area contributed by atoms with E-state index in [1.54, 1.807) is 18.2 Å². The Balaban J connectivity index is 1.48. The van der Waals surface area contributed by atoms with Crippen molar-refractivity contribution in [3.63, 3.8) is 0 Å². The zero-order valence-electron chi connectivity index (χ0n) is 14.0. The summed E-state index contributed by atoms with van der Waals surface area (Å²) >= 11 is 0. The molecule has 2 aliphatic rings. The molecule has 7 heteroatoms. The van der Waals surface area contributed by atoms with Crippen molar-refractivity contribution in [1.29, 1.82) is 0 Å². The van der Waals surface area contributed by atoms with Crippen LogP contribution in [0.2, 0.25) is 0 Å². The van der Waals surface area contributed by atoms with Crippen molar-refractivity contribution in [2.45, 2.75) is 20.3 Å². The minimum absolute atomic E-state index is 0.177. The minimum atomic E-state index is -0.544. The van der Waals surface area contributed by atoms with Crippen molar-refractivity contribution < 1.29 is 19.1 Å². The van der Waals surface area contributed by atoms with E-state index in [1.807, 2.05) is 0 Å². The molecule has 0 bridgehead atoms. The quantitative estimate of drug-likeness (QED) is 0.885. The molecule has 1 saturated heterocycles. The molecule has 3 amide bonds. The Labute approximate surface area is 141 Å². The zero-order valence-corrected chi connectivity index (χ0v) is 14.0. The van der Waals surface area contributed by atoms with Crippen LogP contribution in [0, 0.1) is 11.8 Å². The van der Waals surface area contributed by atoms with Gasteiger partial charge < -0.3 is 14.8 Å². The van der Waals surface area contributed by atoms with Gasteiger partial charge in [0.1, 0.15) is 0 Å². The van der Waals surface area contributed by atoms with E-state index in [1.165, 1.54) is 6.42 Å². The third-order valence-electron chi connectivity index (χ3n) is 4.20.